The van der Waals surface area contributed by atoms with E-state index in [0.29, 0.717) is 25.5 Å². The smallest absolute Gasteiger partial charge is 0.407 e. The normalized spacial score (nSPS) is 21.9. The number of benzene rings is 1. The molecule has 212 valence electrons. The first-order valence-electron chi connectivity index (χ1n) is 13.9. The quantitative estimate of drug-likeness (QED) is 0.465. The Morgan fingerprint density at radius 1 is 1.12 bits per heavy atom. The van der Waals surface area contributed by atoms with Gasteiger partial charge in [0.1, 0.15) is 24.2 Å². The number of pyridine rings is 1. The molecule has 3 amide bonds. The van der Waals surface area contributed by atoms with E-state index in [1.807, 2.05) is 18.2 Å². The van der Waals surface area contributed by atoms with Gasteiger partial charge in [-0.15, -0.1) is 0 Å². The summed E-state index contributed by atoms with van der Waals surface area (Å²) in [5.74, 6) is -0.0679. The van der Waals surface area contributed by atoms with Crippen molar-refractivity contribution in [3.05, 3.63) is 48.2 Å². The Morgan fingerprint density at radius 3 is 2.77 bits per heavy atom. The molecule has 2 aliphatic heterocycles. The van der Waals surface area contributed by atoms with Crippen LogP contribution in [-0.2, 0) is 20.9 Å². The molecule has 10 heteroatoms. The molecule has 1 aromatic carbocycles. The number of cyclic esters (lactones) is 1. The number of ether oxygens (including phenoxy) is 2. The summed E-state index contributed by atoms with van der Waals surface area (Å²) < 4.78 is 13.9. The second kappa shape index (κ2) is 12.0. The molecule has 2 unspecified atom stereocenters. The number of rotatable bonds is 1. The molecular weight excluding hydrogens is 510 g/mol. The van der Waals surface area contributed by atoms with Crippen LogP contribution in [0.5, 0.6) is 5.88 Å². The average molecular weight is 548 g/mol. The molecule has 0 radical (unpaired) electrons. The van der Waals surface area contributed by atoms with Crippen LogP contribution < -0.4 is 10.1 Å². The Morgan fingerprint density at radius 2 is 1.95 bits per heavy atom. The largest absolute Gasteiger partial charge is 0.471 e. The highest BCUT2D eigenvalue weighted by Crippen LogP contribution is 2.36. The number of nitrogens with zero attached hydrogens (tertiary/aromatic N) is 4. The van der Waals surface area contributed by atoms with Gasteiger partial charge in [0, 0.05) is 44.0 Å². The van der Waals surface area contributed by atoms with Crippen molar-refractivity contribution in [3.8, 4) is 5.88 Å². The molecule has 40 heavy (non-hydrogen) atoms. The van der Waals surface area contributed by atoms with Gasteiger partial charge in [-0.3, -0.25) is 9.59 Å². The Hall–Kier alpha value is -4.08. The highest BCUT2D eigenvalue weighted by atomic mass is 16.5. The number of alkyl carbamates (subject to hydrolysis) is 1. The van der Waals surface area contributed by atoms with Gasteiger partial charge >= 0.3 is 6.09 Å². The summed E-state index contributed by atoms with van der Waals surface area (Å²) in [4.78, 5) is 46.3. The second-order valence-electron chi connectivity index (χ2n) is 10.7. The molecule has 2 atom stereocenters. The van der Waals surface area contributed by atoms with Crippen LogP contribution in [0.25, 0.3) is 21.8 Å². The lowest BCUT2D eigenvalue weighted by atomic mass is 10.1. The summed E-state index contributed by atoms with van der Waals surface area (Å²) in [6, 6.07) is 7.31. The number of hydrogen-bond acceptors (Lipinski definition) is 6. The average Bonchev–Trinajstić information content (AvgIpc) is 3.51. The van der Waals surface area contributed by atoms with Crippen molar-refractivity contribution in [1.82, 2.24) is 24.7 Å². The number of amides is 3. The maximum Gasteiger partial charge on any atom is 0.407 e. The number of nitrogens with one attached hydrogen (secondary N) is 1. The van der Waals surface area contributed by atoms with E-state index in [2.05, 4.69) is 41.2 Å². The zero-order chi connectivity index (χ0) is 28.2. The molecule has 0 spiro atoms. The van der Waals surface area contributed by atoms with E-state index >= 15 is 0 Å². The minimum absolute atomic E-state index is 0.193. The van der Waals surface area contributed by atoms with Gasteiger partial charge in [-0.1, -0.05) is 30.4 Å². The number of carbonyl (C=O) groups is 3. The zero-order valence-corrected chi connectivity index (χ0v) is 23.4. The van der Waals surface area contributed by atoms with Gasteiger partial charge in [-0.2, -0.15) is 0 Å². The monoisotopic (exact) mass is 547 g/mol. The minimum atomic E-state index is -0.702. The molecule has 2 aliphatic rings. The van der Waals surface area contributed by atoms with Crippen LogP contribution in [0.1, 0.15) is 37.7 Å². The fourth-order valence-corrected chi connectivity index (χ4v) is 5.59. The number of carbonyl (C=O) groups excluding carboxylic acids is 3. The summed E-state index contributed by atoms with van der Waals surface area (Å²) in [6.07, 6.45) is 9.31. The number of fused-ring (bicyclic) bond motifs is 4. The van der Waals surface area contributed by atoms with Crippen LogP contribution in [0.2, 0.25) is 0 Å². The molecule has 1 saturated heterocycles. The first-order valence-corrected chi connectivity index (χ1v) is 13.9. The molecule has 1 fully saturated rings. The van der Waals surface area contributed by atoms with Crippen LogP contribution >= 0.6 is 0 Å². The van der Waals surface area contributed by atoms with E-state index < -0.39 is 18.2 Å². The maximum atomic E-state index is 13.2. The van der Waals surface area contributed by atoms with Gasteiger partial charge in [0.25, 0.3) is 0 Å². The molecule has 0 saturated carbocycles. The molecule has 5 rings (SSSR count). The first kappa shape index (κ1) is 27.5. The van der Waals surface area contributed by atoms with Gasteiger partial charge in [-0.05, 0) is 44.2 Å². The molecule has 0 aliphatic carbocycles. The van der Waals surface area contributed by atoms with Crippen molar-refractivity contribution in [1.29, 1.82) is 0 Å². The standard InChI is InChI=1S/C30H37N5O5/c1-20-18-34-14-10-6-4-5-7-11-15-39-30(38)31-17-25(36)35-19-21(16-24(35)29(37)33(2)3)40-28-27(34)26(20)22-12-8-9-13-23(22)32-28/h6,8-10,12-13,18,21,24H,4-5,7,11,14-17,19H2,1-3H3,(H,31,38)/b10-6+. The van der Waals surface area contributed by atoms with Gasteiger partial charge in [0.05, 0.1) is 18.7 Å². The van der Waals surface area contributed by atoms with Crippen LogP contribution in [0, 0.1) is 6.92 Å². The van der Waals surface area contributed by atoms with Gasteiger partial charge < -0.3 is 29.2 Å². The summed E-state index contributed by atoms with van der Waals surface area (Å²) in [7, 11) is 3.33. The van der Waals surface area contributed by atoms with Crippen molar-refractivity contribution < 1.29 is 23.9 Å². The summed E-state index contributed by atoms with van der Waals surface area (Å²) in [5.41, 5.74) is 2.86. The number of aryl methyl sites for hydroxylation is 1. The number of aromatic nitrogens is 2. The maximum absolute atomic E-state index is 13.2. The van der Waals surface area contributed by atoms with Crippen molar-refractivity contribution in [2.24, 2.45) is 0 Å². The van der Waals surface area contributed by atoms with Crippen molar-refractivity contribution in [2.75, 3.05) is 33.8 Å². The minimum Gasteiger partial charge on any atom is -0.471 e. The van der Waals surface area contributed by atoms with Crippen molar-refractivity contribution in [3.63, 3.8) is 0 Å². The van der Waals surface area contributed by atoms with Crippen LogP contribution in [0.4, 0.5) is 4.79 Å². The van der Waals surface area contributed by atoms with E-state index in [-0.39, 0.29) is 24.9 Å². The zero-order valence-electron chi connectivity index (χ0n) is 23.4. The van der Waals surface area contributed by atoms with E-state index in [1.54, 1.807) is 14.1 Å². The Bertz CT molecular complexity index is 1450. The molecule has 2 aromatic heterocycles. The fourth-order valence-electron chi connectivity index (χ4n) is 5.59. The highest BCUT2D eigenvalue weighted by Gasteiger charge is 2.41. The van der Waals surface area contributed by atoms with Gasteiger partial charge in [0.15, 0.2) is 0 Å². The third-order valence-corrected chi connectivity index (χ3v) is 7.55. The molecule has 10 nitrogen and oxygen atoms in total. The van der Waals surface area contributed by atoms with Crippen molar-refractivity contribution in [2.45, 2.75) is 57.7 Å². The van der Waals surface area contributed by atoms with E-state index in [0.717, 1.165) is 53.1 Å². The molecule has 2 bridgehead atoms. The van der Waals surface area contributed by atoms with Gasteiger partial charge in [-0.25, -0.2) is 9.78 Å². The predicted molar refractivity (Wildman–Crippen MR) is 152 cm³/mol. The predicted octanol–water partition coefficient (Wildman–Crippen LogP) is 3.79. The fraction of sp³-hybridized carbons (Fsp3) is 0.467. The van der Waals surface area contributed by atoms with Gasteiger partial charge in [0.2, 0.25) is 17.7 Å². The van der Waals surface area contributed by atoms with Crippen LogP contribution in [0.15, 0.2) is 42.6 Å². The SMILES string of the molecule is Cc1cn2c3c(nc4ccccc4c13)OC1CC(C(=O)N(C)C)N(C1)C(=O)CNC(=O)OCCCCC/C=C/C2. The molecular formula is C30H37N5O5. The summed E-state index contributed by atoms with van der Waals surface area (Å²) >= 11 is 0. The number of likely N-dealkylation sites (N-methyl/N-ethyl adjacent to an activating group) is 1. The van der Waals surface area contributed by atoms with E-state index in [4.69, 9.17) is 14.5 Å². The lowest BCUT2D eigenvalue weighted by Gasteiger charge is -2.25. The highest BCUT2D eigenvalue weighted by molar-refractivity contribution is 6.08. The van der Waals surface area contributed by atoms with Crippen LogP contribution in [0.3, 0.4) is 0 Å². The number of allylic oxidation sites excluding steroid dienone is 2. The Labute approximate surface area is 233 Å². The Kier molecular flexibility index (Phi) is 8.23. The number of para-hydroxylation sites is 1. The second-order valence-corrected chi connectivity index (χ2v) is 10.7. The van der Waals surface area contributed by atoms with E-state index in [1.165, 1.54) is 9.80 Å². The Balaban J connectivity index is 1.53. The molecule has 4 heterocycles. The summed E-state index contributed by atoms with van der Waals surface area (Å²) in [6.45, 7) is 3.01. The van der Waals surface area contributed by atoms with E-state index in [9.17, 15) is 14.4 Å². The third-order valence-electron chi connectivity index (χ3n) is 7.55. The lowest BCUT2D eigenvalue weighted by molar-refractivity contribution is -0.141. The third kappa shape index (κ3) is 5.76. The number of hydrogen-bond donors (Lipinski definition) is 1. The summed E-state index contributed by atoms with van der Waals surface area (Å²) in [5, 5.41) is 4.68. The first-order chi connectivity index (χ1) is 19.3. The molecule has 3 aromatic rings. The lowest BCUT2D eigenvalue weighted by Crippen LogP contribution is -2.48. The molecule has 1 N–H and O–H groups in total. The van der Waals surface area contributed by atoms with Crippen LogP contribution in [-0.4, -0.2) is 83.2 Å². The topological polar surface area (TPSA) is 106 Å². The van der Waals surface area contributed by atoms with Crippen molar-refractivity contribution >= 4 is 39.7 Å².